The van der Waals surface area contributed by atoms with Crippen LogP contribution in [0.4, 0.5) is 5.69 Å². The predicted molar refractivity (Wildman–Crippen MR) is 77.9 cm³/mol. The Morgan fingerprint density at radius 2 is 2.18 bits per heavy atom. The smallest absolute Gasteiger partial charge is 0.0540 e. The summed E-state index contributed by atoms with van der Waals surface area (Å²) < 4.78 is 1.24. The van der Waals surface area contributed by atoms with Gasteiger partial charge in [0.1, 0.15) is 0 Å². The Bertz CT molecular complexity index is 380. The van der Waals surface area contributed by atoms with Crippen molar-refractivity contribution in [1.82, 2.24) is 5.32 Å². The Kier molecular flexibility index (Phi) is 4.10. The molecule has 1 fully saturated rings. The van der Waals surface area contributed by atoms with E-state index in [-0.39, 0.29) is 0 Å². The molecular formula is C14H21BrN2. The van der Waals surface area contributed by atoms with Gasteiger partial charge in [-0.2, -0.15) is 0 Å². The molecule has 1 N–H and O–H groups in total. The summed E-state index contributed by atoms with van der Waals surface area (Å²) in [6, 6.07) is 4.49. The number of nitrogens with zero attached hydrogens (tertiary/aromatic N) is 1. The van der Waals surface area contributed by atoms with E-state index in [0.717, 1.165) is 12.5 Å². The highest BCUT2D eigenvalue weighted by Crippen LogP contribution is 2.34. The summed E-state index contributed by atoms with van der Waals surface area (Å²) in [6.07, 6.45) is 1.29. The molecule has 0 radical (unpaired) electrons. The number of aryl methyl sites for hydroxylation is 2. The Balaban J connectivity index is 2.19. The van der Waals surface area contributed by atoms with E-state index in [4.69, 9.17) is 0 Å². The van der Waals surface area contributed by atoms with Gasteiger partial charge in [0.15, 0.2) is 0 Å². The minimum Gasteiger partial charge on any atom is -0.370 e. The standard InChI is InChI=1S/C14H21BrN2/c1-10-6-11(2)14(13(15)7-10)17-5-4-12(9-17)8-16-3/h6-7,12,16H,4-5,8-9H2,1-3H3. The molecule has 3 heteroatoms. The molecule has 1 aliphatic rings. The third-order valence-electron chi connectivity index (χ3n) is 3.49. The first-order valence-corrected chi connectivity index (χ1v) is 7.07. The van der Waals surface area contributed by atoms with E-state index in [0.29, 0.717) is 0 Å². The highest BCUT2D eigenvalue weighted by molar-refractivity contribution is 9.10. The van der Waals surface area contributed by atoms with Crippen molar-refractivity contribution in [2.45, 2.75) is 20.3 Å². The van der Waals surface area contributed by atoms with E-state index in [1.165, 1.54) is 40.8 Å². The minimum atomic E-state index is 0.785. The van der Waals surface area contributed by atoms with Gasteiger partial charge in [0, 0.05) is 17.6 Å². The summed E-state index contributed by atoms with van der Waals surface area (Å²) in [4.78, 5) is 2.51. The number of hydrogen-bond acceptors (Lipinski definition) is 2. The quantitative estimate of drug-likeness (QED) is 0.922. The Morgan fingerprint density at radius 3 is 2.82 bits per heavy atom. The lowest BCUT2D eigenvalue weighted by Crippen LogP contribution is -2.25. The molecular weight excluding hydrogens is 276 g/mol. The maximum absolute atomic E-state index is 3.71. The first-order chi connectivity index (χ1) is 8.11. The van der Waals surface area contributed by atoms with Crippen LogP contribution >= 0.6 is 15.9 Å². The maximum Gasteiger partial charge on any atom is 0.0540 e. The average Bonchev–Trinajstić information content (AvgIpc) is 2.65. The lowest BCUT2D eigenvalue weighted by molar-refractivity contribution is 0.549. The summed E-state index contributed by atoms with van der Waals surface area (Å²) in [7, 11) is 2.04. The molecule has 0 spiro atoms. The number of halogens is 1. The normalized spacial score (nSPS) is 20.0. The van der Waals surface area contributed by atoms with Crippen molar-refractivity contribution >= 4 is 21.6 Å². The van der Waals surface area contributed by atoms with E-state index < -0.39 is 0 Å². The molecule has 1 aliphatic heterocycles. The fraction of sp³-hybridized carbons (Fsp3) is 0.571. The molecule has 2 rings (SSSR count). The first-order valence-electron chi connectivity index (χ1n) is 6.28. The summed E-state index contributed by atoms with van der Waals surface area (Å²) in [5, 5.41) is 3.28. The van der Waals surface area contributed by atoms with Gasteiger partial charge in [0.2, 0.25) is 0 Å². The monoisotopic (exact) mass is 296 g/mol. The van der Waals surface area contributed by atoms with Crippen LogP contribution in [-0.2, 0) is 0 Å². The summed E-state index contributed by atoms with van der Waals surface area (Å²) >= 11 is 3.71. The SMILES string of the molecule is CNCC1CCN(c2c(C)cc(C)cc2Br)C1. The van der Waals surface area contributed by atoms with Crippen LogP contribution in [0.5, 0.6) is 0 Å². The van der Waals surface area contributed by atoms with Crippen LogP contribution < -0.4 is 10.2 Å². The second kappa shape index (κ2) is 5.40. The third kappa shape index (κ3) is 2.83. The summed E-state index contributed by atoms with van der Waals surface area (Å²) in [6.45, 7) is 7.82. The van der Waals surface area contributed by atoms with Crippen LogP contribution in [0.2, 0.25) is 0 Å². The van der Waals surface area contributed by atoms with Crippen molar-refractivity contribution in [3.05, 3.63) is 27.7 Å². The van der Waals surface area contributed by atoms with Gasteiger partial charge in [-0.1, -0.05) is 6.07 Å². The van der Waals surface area contributed by atoms with E-state index >= 15 is 0 Å². The van der Waals surface area contributed by atoms with Crippen molar-refractivity contribution in [1.29, 1.82) is 0 Å². The minimum absolute atomic E-state index is 0.785. The van der Waals surface area contributed by atoms with Crippen LogP contribution in [-0.4, -0.2) is 26.7 Å². The van der Waals surface area contributed by atoms with Gasteiger partial charge in [-0.3, -0.25) is 0 Å². The van der Waals surface area contributed by atoms with Crippen molar-refractivity contribution < 1.29 is 0 Å². The highest BCUT2D eigenvalue weighted by atomic mass is 79.9. The Labute approximate surface area is 113 Å². The highest BCUT2D eigenvalue weighted by Gasteiger charge is 2.24. The molecule has 2 nitrogen and oxygen atoms in total. The molecule has 1 atom stereocenters. The number of rotatable bonds is 3. The molecule has 0 saturated carbocycles. The van der Waals surface area contributed by atoms with E-state index in [1.54, 1.807) is 0 Å². The molecule has 1 aromatic rings. The lowest BCUT2D eigenvalue weighted by atomic mass is 10.1. The topological polar surface area (TPSA) is 15.3 Å². The molecule has 0 amide bonds. The third-order valence-corrected chi connectivity index (χ3v) is 4.10. The largest absolute Gasteiger partial charge is 0.370 e. The van der Waals surface area contributed by atoms with Gasteiger partial charge in [0.05, 0.1) is 5.69 Å². The molecule has 0 aliphatic carbocycles. The van der Waals surface area contributed by atoms with Gasteiger partial charge >= 0.3 is 0 Å². The molecule has 1 aromatic carbocycles. The van der Waals surface area contributed by atoms with Gasteiger partial charge in [-0.05, 0) is 72.9 Å². The van der Waals surface area contributed by atoms with Crippen LogP contribution in [0.15, 0.2) is 16.6 Å². The second-order valence-corrected chi connectivity index (χ2v) is 5.92. The van der Waals surface area contributed by atoms with E-state index in [2.05, 4.69) is 52.1 Å². The van der Waals surface area contributed by atoms with Crippen molar-refractivity contribution in [3.63, 3.8) is 0 Å². The molecule has 1 heterocycles. The van der Waals surface area contributed by atoms with Crippen LogP contribution in [0.1, 0.15) is 17.5 Å². The number of benzene rings is 1. The zero-order valence-electron chi connectivity index (χ0n) is 10.9. The first kappa shape index (κ1) is 12.9. The fourth-order valence-electron chi connectivity index (χ4n) is 2.80. The lowest BCUT2D eigenvalue weighted by Gasteiger charge is -2.23. The maximum atomic E-state index is 3.71. The molecule has 0 aromatic heterocycles. The van der Waals surface area contributed by atoms with Crippen LogP contribution in [0, 0.1) is 19.8 Å². The van der Waals surface area contributed by atoms with E-state index in [9.17, 15) is 0 Å². The Hall–Kier alpha value is -0.540. The molecule has 1 saturated heterocycles. The zero-order chi connectivity index (χ0) is 12.4. The zero-order valence-corrected chi connectivity index (χ0v) is 12.5. The summed E-state index contributed by atoms with van der Waals surface area (Å²) in [5.74, 6) is 0.785. The van der Waals surface area contributed by atoms with Crippen molar-refractivity contribution in [2.24, 2.45) is 5.92 Å². The molecule has 1 unspecified atom stereocenters. The van der Waals surface area contributed by atoms with Crippen molar-refractivity contribution in [2.75, 3.05) is 31.6 Å². The summed E-state index contributed by atoms with van der Waals surface area (Å²) in [5.41, 5.74) is 4.08. The van der Waals surface area contributed by atoms with Gasteiger partial charge in [-0.25, -0.2) is 0 Å². The molecule has 0 bridgehead atoms. The number of nitrogens with one attached hydrogen (secondary N) is 1. The average molecular weight is 297 g/mol. The second-order valence-electron chi connectivity index (χ2n) is 5.07. The fourth-order valence-corrected chi connectivity index (χ4v) is 3.72. The molecule has 94 valence electrons. The van der Waals surface area contributed by atoms with Crippen LogP contribution in [0.3, 0.4) is 0 Å². The van der Waals surface area contributed by atoms with Gasteiger partial charge < -0.3 is 10.2 Å². The predicted octanol–water partition coefficient (Wildman–Crippen LogP) is 3.11. The van der Waals surface area contributed by atoms with Gasteiger partial charge in [0.25, 0.3) is 0 Å². The van der Waals surface area contributed by atoms with Gasteiger partial charge in [-0.15, -0.1) is 0 Å². The number of hydrogen-bond donors (Lipinski definition) is 1. The van der Waals surface area contributed by atoms with Crippen LogP contribution in [0.25, 0.3) is 0 Å². The van der Waals surface area contributed by atoms with E-state index in [1.807, 2.05) is 7.05 Å². The Morgan fingerprint density at radius 1 is 1.41 bits per heavy atom. The number of anilines is 1. The van der Waals surface area contributed by atoms with Crippen molar-refractivity contribution in [3.8, 4) is 0 Å². The molecule has 17 heavy (non-hydrogen) atoms.